The Hall–Kier alpha value is -1.46. The Kier molecular flexibility index (Phi) is 5.92. The van der Waals surface area contributed by atoms with Gasteiger partial charge in [0, 0.05) is 6.04 Å². The molecule has 0 heterocycles. The van der Waals surface area contributed by atoms with Crippen LogP contribution in [0.25, 0.3) is 0 Å². The Labute approximate surface area is 113 Å². The highest BCUT2D eigenvalue weighted by Gasteiger charge is 2.25. The maximum atomic E-state index is 13.0. The number of primary amides is 1. The van der Waals surface area contributed by atoms with Crippen molar-refractivity contribution in [3.05, 3.63) is 35.6 Å². The normalized spacial score (nSPS) is 14.4. The molecule has 0 radical (unpaired) electrons. The fourth-order valence-electron chi connectivity index (χ4n) is 2.22. The highest BCUT2D eigenvalue weighted by molar-refractivity contribution is 5.76. The van der Waals surface area contributed by atoms with E-state index in [2.05, 4.69) is 0 Å². The first-order valence-electron chi connectivity index (χ1n) is 6.53. The van der Waals surface area contributed by atoms with Gasteiger partial charge in [-0.3, -0.25) is 9.69 Å². The summed E-state index contributed by atoms with van der Waals surface area (Å²) in [6.07, 6.45) is 0.761. The molecule has 0 saturated carbocycles. The van der Waals surface area contributed by atoms with Crippen LogP contribution < -0.4 is 11.5 Å². The Balaban J connectivity index is 3.05. The van der Waals surface area contributed by atoms with Gasteiger partial charge in [-0.2, -0.15) is 0 Å². The van der Waals surface area contributed by atoms with Crippen LogP contribution >= 0.6 is 0 Å². The van der Waals surface area contributed by atoms with Crippen molar-refractivity contribution >= 4 is 5.91 Å². The Bertz CT molecular complexity index is 408. The number of nitrogens with zero attached hydrogens (tertiary/aromatic N) is 1. The number of hydrogen-bond acceptors (Lipinski definition) is 3. The predicted octanol–water partition coefficient (Wildman–Crippen LogP) is 1.41. The minimum absolute atomic E-state index is 0.134. The number of carbonyl (C=O) groups is 1. The van der Waals surface area contributed by atoms with Gasteiger partial charge in [0.05, 0.1) is 12.6 Å². The standard InChI is InChI=1S/C14H22FN3O/c1-3-12(16)14(18(4-2)9-13(17)19)10-5-7-11(15)8-6-10/h5-8,12,14H,3-4,9,16H2,1-2H3,(H2,17,19). The number of rotatable bonds is 7. The van der Waals surface area contributed by atoms with E-state index in [0.29, 0.717) is 6.54 Å². The molecule has 106 valence electrons. The van der Waals surface area contributed by atoms with Crippen molar-refractivity contribution in [1.29, 1.82) is 0 Å². The van der Waals surface area contributed by atoms with Gasteiger partial charge in [-0.15, -0.1) is 0 Å². The van der Waals surface area contributed by atoms with Crippen LogP contribution in [-0.4, -0.2) is 29.9 Å². The maximum absolute atomic E-state index is 13.0. The van der Waals surface area contributed by atoms with Gasteiger partial charge < -0.3 is 11.5 Å². The third-order valence-corrected chi connectivity index (χ3v) is 3.25. The van der Waals surface area contributed by atoms with Crippen LogP contribution in [0.15, 0.2) is 24.3 Å². The fourth-order valence-corrected chi connectivity index (χ4v) is 2.22. The molecule has 4 nitrogen and oxygen atoms in total. The minimum atomic E-state index is -0.391. The average Bonchev–Trinajstić information content (AvgIpc) is 2.39. The first-order chi connectivity index (χ1) is 8.99. The second-order valence-electron chi connectivity index (χ2n) is 4.60. The van der Waals surface area contributed by atoms with E-state index in [1.165, 1.54) is 12.1 Å². The number of carbonyl (C=O) groups excluding carboxylic acids is 1. The minimum Gasteiger partial charge on any atom is -0.369 e. The first-order valence-corrected chi connectivity index (χ1v) is 6.53. The van der Waals surface area contributed by atoms with Gasteiger partial charge in [0.15, 0.2) is 0 Å². The summed E-state index contributed by atoms with van der Waals surface area (Å²) >= 11 is 0. The molecule has 0 bridgehead atoms. The van der Waals surface area contributed by atoms with E-state index in [-0.39, 0.29) is 24.4 Å². The van der Waals surface area contributed by atoms with E-state index in [1.807, 2.05) is 18.7 Å². The van der Waals surface area contributed by atoms with Crippen LogP contribution in [0.1, 0.15) is 31.9 Å². The largest absolute Gasteiger partial charge is 0.369 e. The Morgan fingerprint density at radius 1 is 1.32 bits per heavy atom. The van der Waals surface area contributed by atoms with Crippen molar-refractivity contribution in [2.24, 2.45) is 11.5 Å². The topological polar surface area (TPSA) is 72.3 Å². The molecule has 2 unspecified atom stereocenters. The molecule has 19 heavy (non-hydrogen) atoms. The summed E-state index contributed by atoms with van der Waals surface area (Å²) in [7, 11) is 0. The second-order valence-corrected chi connectivity index (χ2v) is 4.60. The monoisotopic (exact) mass is 267 g/mol. The van der Waals surface area contributed by atoms with E-state index in [9.17, 15) is 9.18 Å². The number of amides is 1. The van der Waals surface area contributed by atoms with Crippen molar-refractivity contribution in [1.82, 2.24) is 4.90 Å². The maximum Gasteiger partial charge on any atom is 0.231 e. The second kappa shape index (κ2) is 7.21. The van der Waals surface area contributed by atoms with Crippen molar-refractivity contribution < 1.29 is 9.18 Å². The van der Waals surface area contributed by atoms with Crippen molar-refractivity contribution in [2.45, 2.75) is 32.4 Å². The molecule has 0 aliphatic rings. The van der Waals surface area contributed by atoms with Gasteiger partial charge in [-0.25, -0.2) is 4.39 Å². The van der Waals surface area contributed by atoms with Gasteiger partial charge in [-0.1, -0.05) is 26.0 Å². The lowest BCUT2D eigenvalue weighted by Crippen LogP contribution is -2.44. The average molecular weight is 267 g/mol. The highest BCUT2D eigenvalue weighted by Crippen LogP contribution is 2.25. The lowest BCUT2D eigenvalue weighted by Gasteiger charge is -2.34. The van der Waals surface area contributed by atoms with Gasteiger partial charge in [-0.05, 0) is 30.7 Å². The molecule has 0 aromatic heterocycles. The zero-order chi connectivity index (χ0) is 14.4. The van der Waals surface area contributed by atoms with Crippen LogP contribution in [0.2, 0.25) is 0 Å². The summed E-state index contributed by atoms with van der Waals surface area (Å²) < 4.78 is 13.0. The molecular formula is C14H22FN3O. The number of hydrogen-bond donors (Lipinski definition) is 2. The molecule has 1 amide bonds. The number of likely N-dealkylation sites (N-methyl/N-ethyl adjacent to an activating group) is 1. The number of benzene rings is 1. The van der Waals surface area contributed by atoms with Crippen molar-refractivity contribution in [2.75, 3.05) is 13.1 Å². The molecule has 0 fully saturated rings. The van der Waals surface area contributed by atoms with Crippen LogP contribution in [0.3, 0.4) is 0 Å². The van der Waals surface area contributed by atoms with E-state index in [0.717, 1.165) is 12.0 Å². The molecule has 0 spiro atoms. The molecule has 0 aliphatic carbocycles. The van der Waals surface area contributed by atoms with E-state index >= 15 is 0 Å². The molecule has 0 saturated heterocycles. The predicted molar refractivity (Wildman–Crippen MR) is 73.8 cm³/mol. The SMILES string of the molecule is CCC(N)C(c1ccc(F)cc1)N(CC)CC(N)=O. The molecule has 0 aliphatic heterocycles. The molecule has 5 heteroatoms. The third kappa shape index (κ3) is 4.29. The Morgan fingerprint density at radius 3 is 2.32 bits per heavy atom. The fraction of sp³-hybridized carbons (Fsp3) is 0.500. The van der Waals surface area contributed by atoms with Crippen LogP contribution in [0, 0.1) is 5.82 Å². The molecule has 1 aromatic rings. The molecule has 1 rings (SSSR count). The van der Waals surface area contributed by atoms with Crippen molar-refractivity contribution in [3.63, 3.8) is 0 Å². The van der Waals surface area contributed by atoms with Gasteiger partial charge >= 0.3 is 0 Å². The smallest absolute Gasteiger partial charge is 0.231 e. The summed E-state index contributed by atoms with van der Waals surface area (Å²) in [5.41, 5.74) is 12.3. The van der Waals surface area contributed by atoms with Gasteiger partial charge in [0.1, 0.15) is 5.82 Å². The summed E-state index contributed by atoms with van der Waals surface area (Å²) in [5.74, 6) is -0.678. The van der Waals surface area contributed by atoms with E-state index < -0.39 is 5.91 Å². The van der Waals surface area contributed by atoms with Gasteiger partial charge in [0.2, 0.25) is 5.91 Å². The van der Waals surface area contributed by atoms with E-state index in [4.69, 9.17) is 11.5 Å². The van der Waals surface area contributed by atoms with Crippen LogP contribution in [0.4, 0.5) is 4.39 Å². The van der Waals surface area contributed by atoms with Crippen LogP contribution in [0.5, 0.6) is 0 Å². The number of halogens is 1. The highest BCUT2D eigenvalue weighted by atomic mass is 19.1. The summed E-state index contributed by atoms with van der Waals surface area (Å²) in [6, 6.07) is 5.96. The summed E-state index contributed by atoms with van der Waals surface area (Å²) in [6.45, 7) is 4.73. The molecule has 4 N–H and O–H groups in total. The quantitative estimate of drug-likeness (QED) is 0.784. The zero-order valence-corrected chi connectivity index (χ0v) is 11.5. The Morgan fingerprint density at radius 2 is 1.89 bits per heavy atom. The number of nitrogens with two attached hydrogens (primary N) is 2. The summed E-state index contributed by atoms with van der Waals surface area (Å²) in [4.78, 5) is 13.1. The lowest BCUT2D eigenvalue weighted by molar-refractivity contribution is -0.119. The third-order valence-electron chi connectivity index (χ3n) is 3.25. The first kappa shape index (κ1) is 15.6. The molecule has 1 aromatic carbocycles. The summed E-state index contributed by atoms with van der Waals surface area (Å²) in [5, 5.41) is 0. The van der Waals surface area contributed by atoms with Gasteiger partial charge in [0.25, 0.3) is 0 Å². The zero-order valence-electron chi connectivity index (χ0n) is 11.5. The molecule has 2 atom stereocenters. The van der Waals surface area contributed by atoms with E-state index in [1.54, 1.807) is 12.1 Å². The van der Waals surface area contributed by atoms with Crippen molar-refractivity contribution in [3.8, 4) is 0 Å². The van der Waals surface area contributed by atoms with Crippen LogP contribution in [-0.2, 0) is 4.79 Å². The lowest BCUT2D eigenvalue weighted by atomic mass is 9.96. The molecular weight excluding hydrogens is 245 g/mol.